The molecule has 0 spiro atoms. The molecule has 1 aromatic carbocycles. The van der Waals surface area contributed by atoms with Crippen LogP contribution in [0.4, 0.5) is 4.39 Å². The van der Waals surface area contributed by atoms with E-state index < -0.39 is 11.9 Å². The van der Waals surface area contributed by atoms with Gasteiger partial charge in [0.25, 0.3) is 0 Å². The minimum atomic E-state index is -0.673. The highest BCUT2D eigenvalue weighted by Gasteiger charge is 2.33. The first kappa shape index (κ1) is 20.2. The Bertz CT molecular complexity index is 829. The summed E-state index contributed by atoms with van der Waals surface area (Å²) in [7, 11) is 1.69. The van der Waals surface area contributed by atoms with Crippen molar-refractivity contribution in [1.29, 1.82) is 0 Å². The van der Waals surface area contributed by atoms with E-state index in [1.807, 2.05) is 12.1 Å². The Morgan fingerprint density at radius 2 is 2.21 bits per heavy atom. The Balaban J connectivity index is 1.70. The molecule has 0 saturated carbocycles. The monoisotopic (exact) mass is 404 g/mol. The summed E-state index contributed by atoms with van der Waals surface area (Å²) in [5.74, 6) is -0.824. The van der Waals surface area contributed by atoms with Gasteiger partial charge in [0.05, 0.1) is 12.5 Å². The highest BCUT2D eigenvalue weighted by Crippen LogP contribution is 2.23. The molecule has 0 aliphatic carbocycles. The highest BCUT2D eigenvalue weighted by atomic mass is 35.5. The van der Waals surface area contributed by atoms with Crippen molar-refractivity contribution in [3.05, 3.63) is 64.7 Å². The lowest BCUT2D eigenvalue weighted by atomic mass is 10.1. The fourth-order valence-electron chi connectivity index (χ4n) is 3.23. The number of pyridine rings is 1. The Labute approximate surface area is 168 Å². The third-order valence-corrected chi connectivity index (χ3v) is 5.15. The Morgan fingerprint density at radius 3 is 2.93 bits per heavy atom. The van der Waals surface area contributed by atoms with Crippen LogP contribution in [0.25, 0.3) is 0 Å². The van der Waals surface area contributed by atoms with Gasteiger partial charge in [-0.3, -0.25) is 19.5 Å². The van der Waals surface area contributed by atoms with Crippen LogP contribution in [0.3, 0.4) is 0 Å². The lowest BCUT2D eigenvalue weighted by Crippen LogP contribution is -2.56. The van der Waals surface area contributed by atoms with E-state index in [1.54, 1.807) is 41.4 Å². The van der Waals surface area contributed by atoms with Crippen molar-refractivity contribution < 1.29 is 14.0 Å². The van der Waals surface area contributed by atoms with Gasteiger partial charge in [-0.25, -0.2) is 4.39 Å². The zero-order valence-corrected chi connectivity index (χ0v) is 16.3. The Hall–Kier alpha value is -2.51. The van der Waals surface area contributed by atoms with Gasteiger partial charge in [-0.15, -0.1) is 0 Å². The van der Waals surface area contributed by atoms with E-state index in [2.05, 4.69) is 10.3 Å². The van der Waals surface area contributed by atoms with Gasteiger partial charge in [0.2, 0.25) is 11.8 Å². The van der Waals surface area contributed by atoms with E-state index >= 15 is 0 Å². The second-order valence-corrected chi connectivity index (χ2v) is 7.20. The van der Waals surface area contributed by atoms with E-state index in [4.69, 9.17) is 11.6 Å². The lowest BCUT2D eigenvalue weighted by Gasteiger charge is -2.35. The molecule has 8 heteroatoms. The predicted octanol–water partition coefficient (Wildman–Crippen LogP) is 2.22. The minimum Gasteiger partial charge on any atom is -0.353 e. The zero-order chi connectivity index (χ0) is 20.1. The molecule has 1 N–H and O–H groups in total. The first-order chi connectivity index (χ1) is 13.5. The molecule has 28 heavy (non-hydrogen) atoms. The predicted molar refractivity (Wildman–Crippen MR) is 104 cm³/mol. The molecule has 1 aliphatic heterocycles. The maximum absolute atomic E-state index is 14.2. The van der Waals surface area contributed by atoms with Gasteiger partial charge < -0.3 is 10.2 Å². The smallest absolute Gasteiger partial charge is 0.237 e. The molecule has 0 radical (unpaired) electrons. The minimum absolute atomic E-state index is 0.00860. The number of carbonyl (C=O) groups excluding carboxylic acids is 2. The van der Waals surface area contributed by atoms with E-state index in [9.17, 15) is 14.0 Å². The van der Waals surface area contributed by atoms with Crippen LogP contribution in [-0.2, 0) is 22.7 Å². The lowest BCUT2D eigenvalue weighted by molar-refractivity contribution is -0.138. The van der Waals surface area contributed by atoms with Gasteiger partial charge in [-0.05, 0) is 23.8 Å². The number of carbonyl (C=O) groups is 2. The molecule has 2 aromatic rings. The molecule has 0 unspecified atom stereocenters. The fourth-order valence-corrected chi connectivity index (χ4v) is 3.46. The third-order valence-electron chi connectivity index (χ3n) is 4.80. The molecule has 1 aliphatic rings. The maximum Gasteiger partial charge on any atom is 0.237 e. The summed E-state index contributed by atoms with van der Waals surface area (Å²) in [4.78, 5) is 32.5. The van der Waals surface area contributed by atoms with Gasteiger partial charge >= 0.3 is 0 Å². The summed E-state index contributed by atoms with van der Waals surface area (Å²) in [6.07, 6.45) is 3.38. The van der Waals surface area contributed by atoms with Crippen LogP contribution in [-0.4, -0.2) is 52.8 Å². The normalized spacial score (nSPS) is 17.2. The molecule has 148 valence electrons. The molecule has 3 rings (SSSR count). The van der Waals surface area contributed by atoms with E-state index in [1.165, 1.54) is 6.07 Å². The third kappa shape index (κ3) is 4.85. The Kier molecular flexibility index (Phi) is 6.59. The summed E-state index contributed by atoms with van der Waals surface area (Å²) >= 11 is 6.13. The number of hydrogen-bond donors (Lipinski definition) is 1. The van der Waals surface area contributed by atoms with Crippen molar-refractivity contribution in [3.63, 3.8) is 0 Å². The number of amides is 2. The number of rotatable bonds is 6. The van der Waals surface area contributed by atoms with E-state index in [0.717, 1.165) is 5.56 Å². The maximum atomic E-state index is 14.2. The SMILES string of the molecule is CN(Cc1cccnc1)C(=O)C[C@@H]1C(=O)NCCN1Cc1c(F)cccc1Cl. The van der Waals surface area contributed by atoms with Gasteiger partial charge in [0.1, 0.15) is 5.82 Å². The van der Waals surface area contributed by atoms with Crippen LogP contribution >= 0.6 is 11.6 Å². The quantitative estimate of drug-likeness (QED) is 0.801. The van der Waals surface area contributed by atoms with Crippen molar-refractivity contribution in [2.75, 3.05) is 20.1 Å². The summed E-state index contributed by atoms with van der Waals surface area (Å²) < 4.78 is 14.2. The van der Waals surface area contributed by atoms with Crippen molar-refractivity contribution in [3.8, 4) is 0 Å². The number of aromatic nitrogens is 1. The molecule has 1 atom stereocenters. The van der Waals surface area contributed by atoms with E-state index in [0.29, 0.717) is 30.2 Å². The number of benzene rings is 1. The van der Waals surface area contributed by atoms with Gasteiger partial charge in [-0.1, -0.05) is 23.7 Å². The van der Waals surface area contributed by atoms with Gasteiger partial charge in [-0.2, -0.15) is 0 Å². The number of halogens is 2. The van der Waals surface area contributed by atoms with Gasteiger partial charge in [0, 0.05) is 56.2 Å². The molecule has 1 fully saturated rings. The van der Waals surface area contributed by atoms with Crippen LogP contribution in [0, 0.1) is 5.82 Å². The summed E-state index contributed by atoms with van der Waals surface area (Å²) in [5, 5.41) is 3.09. The van der Waals surface area contributed by atoms with Crippen LogP contribution in [0.15, 0.2) is 42.7 Å². The molecule has 1 aromatic heterocycles. The fraction of sp³-hybridized carbons (Fsp3) is 0.350. The molecule has 2 amide bonds. The summed E-state index contributed by atoms with van der Waals surface area (Å²) in [6.45, 7) is 1.53. The van der Waals surface area contributed by atoms with Crippen molar-refractivity contribution in [2.45, 2.75) is 25.6 Å². The molecule has 0 bridgehead atoms. The first-order valence-corrected chi connectivity index (χ1v) is 9.41. The molecule has 6 nitrogen and oxygen atoms in total. The molecular formula is C20H22ClFN4O2. The topological polar surface area (TPSA) is 65.5 Å². The van der Waals surface area contributed by atoms with Crippen LogP contribution in [0.1, 0.15) is 17.5 Å². The van der Waals surface area contributed by atoms with Crippen LogP contribution in [0.2, 0.25) is 5.02 Å². The number of piperazine rings is 1. The average Bonchev–Trinajstić information content (AvgIpc) is 2.68. The van der Waals surface area contributed by atoms with Gasteiger partial charge in [0.15, 0.2) is 0 Å². The van der Waals surface area contributed by atoms with Crippen LogP contribution < -0.4 is 5.32 Å². The average molecular weight is 405 g/mol. The largest absolute Gasteiger partial charge is 0.353 e. The summed E-state index contributed by atoms with van der Waals surface area (Å²) in [5.41, 5.74) is 1.24. The standard InChI is InChI=1S/C20H22ClFN4O2/c1-25(12-14-4-3-7-23-11-14)19(27)10-18-20(28)24-8-9-26(18)13-15-16(21)5-2-6-17(15)22/h2-7,11,18H,8-10,12-13H2,1H3,(H,24,28)/t18-/m1/s1. The van der Waals surface area contributed by atoms with Crippen LogP contribution in [0.5, 0.6) is 0 Å². The zero-order valence-electron chi connectivity index (χ0n) is 15.6. The van der Waals surface area contributed by atoms with E-state index in [-0.39, 0.29) is 24.8 Å². The number of hydrogen-bond acceptors (Lipinski definition) is 4. The van der Waals surface area contributed by atoms with Crippen molar-refractivity contribution >= 4 is 23.4 Å². The Morgan fingerprint density at radius 1 is 1.39 bits per heavy atom. The van der Waals surface area contributed by atoms with Crippen molar-refractivity contribution in [2.24, 2.45) is 0 Å². The molecule has 2 heterocycles. The second kappa shape index (κ2) is 9.12. The number of nitrogens with one attached hydrogen (secondary N) is 1. The first-order valence-electron chi connectivity index (χ1n) is 9.03. The highest BCUT2D eigenvalue weighted by molar-refractivity contribution is 6.31. The molecule has 1 saturated heterocycles. The van der Waals surface area contributed by atoms with Crippen molar-refractivity contribution in [1.82, 2.24) is 20.1 Å². The molecular weight excluding hydrogens is 383 g/mol. The summed E-state index contributed by atoms with van der Waals surface area (Å²) in [6, 6.07) is 7.52. The second-order valence-electron chi connectivity index (χ2n) is 6.79. The number of nitrogens with zero attached hydrogens (tertiary/aromatic N) is 3.